The van der Waals surface area contributed by atoms with Crippen LogP contribution in [0, 0.1) is 0 Å². The molecule has 0 spiro atoms. The lowest BCUT2D eigenvalue weighted by Crippen LogP contribution is -2.41. The molecule has 102 valence electrons. The predicted molar refractivity (Wildman–Crippen MR) is 66.6 cm³/mol. The second-order valence-corrected chi connectivity index (χ2v) is 3.92. The van der Waals surface area contributed by atoms with Crippen LogP contribution in [0.2, 0.25) is 0 Å². The third kappa shape index (κ3) is 4.66. The number of carbonyl (C=O) groups is 3. The van der Waals surface area contributed by atoms with E-state index in [1.54, 1.807) is 0 Å². The maximum absolute atomic E-state index is 11.8. The Morgan fingerprint density at radius 1 is 1.16 bits per heavy atom. The summed E-state index contributed by atoms with van der Waals surface area (Å²) in [5.41, 5.74) is 6.21. The maximum Gasteiger partial charge on any atom is 0.326 e. The van der Waals surface area contributed by atoms with Crippen LogP contribution in [0.4, 0.5) is 5.69 Å². The minimum Gasteiger partial charge on any atom is -0.481 e. The van der Waals surface area contributed by atoms with Crippen molar-refractivity contribution in [2.45, 2.75) is 18.9 Å². The first-order valence-electron chi connectivity index (χ1n) is 5.51. The first kappa shape index (κ1) is 14.5. The fourth-order valence-electron chi connectivity index (χ4n) is 1.40. The molecule has 5 N–H and O–H groups in total. The number of hydrogen-bond acceptors (Lipinski definition) is 4. The average molecular weight is 272 g/mol. The summed E-state index contributed by atoms with van der Waals surface area (Å²) in [6.07, 6.45) is -0.510. The molecule has 19 heavy (non-hydrogen) atoms. The molecule has 1 amide bonds. The van der Waals surface area contributed by atoms with E-state index in [1.807, 2.05) is 0 Å². The summed E-state index contributed by atoms with van der Waals surface area (Å²) in [7, 11) is 0. The van der Waals surface area contributed by atoms with Gasteiger partial charge in [-0.15, -0.1) is 0 Å². The highest BCUT2D eigenvalue weighted by molar-refractivity contribution is 5.96. The van der Waals surface area contributed by atoms with E-state index in [0.717, 1.165) is 0 Å². The Morgan fingerprint density at radius 2 is 1.74 bits per heavy atom. The molecule has 7 nitrogen and oxygen atoms in total. The summed E-state index contributed by atoms with van der Waals surface area (Å²) in [4.78, 5) is 33.1. The second kappa shape index (κ2) is 6.39. The van der Waals surface area contributed by atoms with Gasteiger partial charge in [0, 0.05) is 17.7 Å². The first-order valence-corrected chi connectivity index (χ1v) is 5.51. The van der Waals surface area contributed by atoms with E-state index in [9.17, 15) is 14.4 Å². The Balaban J connectivity index is 2.68. The van der Waals surface area contributed by atoms with Crippen molar-refractivity contribution in [3.63, 3.8) is 0 Å². The van der Waals surface area contributed by atoms with Gasteiger partial charge in [0.2, 0.25) is 0 Å². The van der Waals surface area contributed by atoms with Crippen LogP contribution in [-0.4, -0.2) is 34.1 Å². The van der Waals surface area contributed by atoms with Gasteiger partial charge in [0.1, 0.15) is 6.04 Å². The molecule has 0 fully saturated rings. The summed E-state index contributed by atoms with van der Waals surface area (Å²) in [6, 6.07) is 4.71. The van der Waals surface area contributed by atoms with Crippen molar-refractivity contribution in [2.24, 2.45) is 0 Å². The van der Waals surface area contributed by atoms with Crippen LogP contribution in [0.3, 0.4) is 0 Å². The Hall–Kier alpha value is -2.57. The zero-order valence-electron chi connectivity index (χ0n) is 10.00. The molecular formula is C12H14N2O5. The van der Waals surface area contributed by atoms with Gasteiger partial charge < -0.3 is 21.3 Å². The number of nitrogens with one attached hydrogen (secondary N) is 1. The van der Waals surface area contributed by atoms with E-state index in [4.69, 9.17) is 15.9 Å². The number of nitrogen functional groups attached to an aromatic ring is 1. The molecule has 1 aromatic carbocycles. The summed E-state index contributed by atoms with van der Waals surface area (Å²) in [6.45, 7) is 0. The fraction of sp³-hybridized carbons (Fsp3) is 0.250. The van der Waals surface area contributed by atoms with Gasteiger partial charge >= 0.3 is 11.9 Å². The van der Waals surface area contributed by atoms with E-state index in [-0.39, 0.29) is 18.4 Å². The average Bonchev–Trinajstić information content (AvgIpc) is 2.34. The number of carboxylic acid groups (broad SMARTS) is 2. The lowest BCUT2D eigenvalue weighted by molar-refractivity contribution is -0.140. The van der Waals surface area contributed by atoms with Gasteiger partial charge in [-0.05, 0) is 30.7 Å². The van der Waals surface area contributed by atoms with E-state index < -0.39 is 23.9 Å². The van der Waals surface area contributed by atoms with Crippen molar-refractivity contribution in [3.05, 3.63) is 29.8 Å². The monoisotopic (exact) mass is 272 g/mol. The Kier molecular flexibility index (Phi) is 4.87. The number of aliphatic carboxylic acids is 2. The lowest BCUT2D eigenvalue weighted by Gasteiger charge is -2.13. The number of carboxylic acids is 2. The van der Waals surface area contributed by atoms with Crippen LogP contribution in [0.1, 0.15) is 23.2 Å². The molecule has 0 aliphatic rings. The topological polar surface area (TPSA) is 130 Å². The van der Waals surface area contributed by atoms with E-state index in [2.05, 4.69) is 5.32 Å². The highest BCUT2D eigenvalue weighted by atomic mass is 16.4. The summed E-state index contributed by atoms with van der Waals surface area (Å²) in [5.74, 6) is -2.98. The molecule has 0 aromatic heterocycles. The van der Waals surface area contributed by atoms with Crippen molar-refractivity contribution in [1.29, 1.82) is 0 Å². The van der Waals surface area contributed by atoms with Crippen LogP contribution in [0.25, 0.3) is 0 Å². The third-order valence-electron chi connectivity index (χ3n) is 2.42. The Labute approximate surface area is 109 Å². The Bertz CT molecular complexity index is 483. The number of carbonyl (C=O) groups excluding carboxylic acids is 1. The smallest absolute Gasteiger partial charge is 0.326 e. The number of anilines is 1. The molecule has 7 heteroatoms. The zero-order chi connectivity index (χ0) is 14.4. The van der Waals surface area contributed by atoms with Gasteiger partial charge in [-0.2, -0.15) is 0 Å². The van der Waals surface area contributed by atoms with Crippen LogP contribution in [0.5, 0.6) is 0 Å². The molecule has 0 heterocycles. The lowest BCUT2D eigenvalue weighted by atomic mass is 10.1. The van der Waals surface area contributed by atoms with Crippen LogP contribution >= 0.6 is 0 Å². The quantitative estimate of drug-likeness (QED) is 0.552. The van der Waals surface area contributed by atoms with Crippen LogP contribution in [0.15, 0.2) is 24.3 Å². The molecule has 0 radical (unpaired) electrons. The minimum absolute atomic E-state index is 0.175. The van der Waals surface area contributed by atoms with Crippen molar-refractivity contribution in [1.82, 2.24) is 5.32 Å². The van der Waals surface area contributed by atoms with E-state index in [1.165, 1.54) is 24.3 Å². The van der Waals surface area contributed by atoms with E-state index >= 15 is 0 Å². The van der Waals surface area contributed by atoms with Crippen molar-refractivity contribution in [2.75, 3.05) is 5.73 Å². The van der Waals surface area contributed by atoms with Gasteiger partial charge in [-0.1, -0.05) is 0 Å². The third-order valence-corrected chi connectivity index (χ3v) is 2.42. The molecule has 1 atom stereocenters. The molecule has 1 rings (SSSR count). The second-order valence-electron chi connectivity index (χ2n) is 3.92. The first-order chi connectivity index (χ1) is 8.90. The highest BCUT2D eigenvalue weighted by Crippen LogP contribution is 2.06. The van der Waals surface area contributed by atoms with Gasteiger partial charge in [0.25, 0.3) is 5.91 Å². The zero-order valence-corrected chi connectivity index (χ0v) is 10.00. The van der Waals surface area contributed by atoms with Gasteiger partial charge in [-0.3, -0.25) is 9.59 Å². The van der Waals surface area contributed by atoms with Crippen molar-refractivity contribution >= 4 is 23.5 Å². The summed E-state index contributed by atoms with van der Waals surface area (Å²) in [5, 5.41) is 19.7. The SMILES string of the molecule is N[13c]1[13cH][13cH][13c](C(=O)NC(CCC(=O)O)C(=O)O)[13cH][13cH]1. The van der Waals surface area contributed by atoms with Crippen LogP contribution in [-0.2, 0) is 9.59 Å². The summed E-state index contributed by atoms with van der Waals surface area (Å²) < 4.78 is 0. The van der Waals surface area contributed by atoms with Crippen molar-refractivity contribution < 1.29 is 24.6 Å². The number of hydrogen-bond donors (Lipinski definition) is 4. The number of rotatable bonds is 6. The van der Waals surface area contributed by atoms with E-state index in [0.29, 0.717) is 5.69 Å². The standard InChI is InChI=1S/C12H14N2O5/c13-8-3-1-7(2-4-8)11(17)14-9(12(18)19)5-6-10(15)16/h1-4,9H,5-6,13H2,(H,14,17)(H,15,16)(H,18,19)/i1+1,2+1,3+1,4+1,7+1,8+1. The molecule has 0 saturated heterocycles. The molecule has 0 bridgehead atoms. The van der Waals surface area contributed by atoms with Gasteiger partial charge in [-0.25, -0.2) is 4.79 Å². The largest absolute Gasteiger partial charge is 0.481 e. The highest BCUT2D eigenvalue weighted by Gasteiger charge is 2.21. The minimum atomic E-state index is -1.27. The van der Waals surface area contributed by atoms with Crippen LogP contribution < -0.4 is 11.1 Å². The number of nitrogens with two attached hydrogens (primary N) is 1. The fourth-order valence-corrected chi connectivity index (χ4v) is 1.40. The normalized spacial score (nSPS) is 11.6. The van der Waals surface area contributed by atoms with Gasteiger partial charge in [0.15, 0.2) is 0 Å². The number of benzene rings is 1. The van der Waals surface area contributed by atoms with Crippen molar-refractivity contribution in [3.8, 4) is 0 Å². The molecule has 0 saturated carbocycles. The summed E-state index contributed by atoms with van der Waals surface area (Å²) >= 11 is 0. The number of amides is 1. The Morgan fingerprint density at radius 3 is 2.21 bits per heavy atom. The maximum atomic E-state index is 11.8. The van der Waals surface area contributed by atoms with Gasteiger partial charge in [0.05, 0.1) is 0 Å². The predicted octanol–water partition coefficient (Wildman–Crippen LogP) is 0.317. The molecule has 0 aliphatic carbocycles. The molecule has 1 aromatic rings. The molecular weight excluding hydrogens is 258 g/mol. The molecule has 0 aliphatic heterocycles. The molecule has 1 unspecified atom stereocenters.